The van der Waals surface area contributed by atoms with Gasteiger partial charge in [-0.15, -0.1) is 0 Å². The van der Waals surface area contributed by atoms with Crippen LogP contribution in [0.15, 0.2) is 41.0 Å². The predicted octanol–water partition coefficient (Wildman–Crippen LogP) is 2.92. The number of furan rings is 1. The number of nitrogens with zero attached hydrogens (tertiary/aromatic N) is 2. The minimum atomic E-state index is 0.237. The van der Waals surface area contributed by atoms with Crippen molar-refractivity contribution in [2.24, 2.45) is 0 Å². The van der Waals surface area contributed by atoms with Gasteiger partial charge < -0.3 is 13.9 Å². The molecule has 100 valence electrons. The van der Waals surface area contributed by atoms with Gasteiger partial charge in [-0.1, -0.05) is 0 Å². The molecule has 1 aliphatic heterocycles. The second-order valence-electron chi connectivity index (χ2n) is 4.20. The maximum absolute atomic E-state index is 5.38. The molecule has 4 rings (SSSR count). The highest BCUT2D eigenvalue weighted by Gasteiger charge is 2.17. The van der Waals surface area contributed by atoms with Gasteiger partial charge in [0.25, 0.3) is 0 Å². The highest BCUT2D eigenvalue weighted by molar-refractivity contribution is 7.71. The lowest BCUT2D eigenvalue weighted by atomic mass is 10.2. The Labute approximate surface area is 118 Å². The average molecular weight is 287 g/mol. The fourth-order valence-corrected chi connectivity index (χ4v) is 2.37. The first-order valence-corrected chi connectivity index (χ1v) is 6.35. The third-order valence-corrected chi connectivity index (χ3v) is 3.30. The van der Waals surface area contributed by atoms with Crippen molar-refractivity contribution in [3.63, 3.8) is 0 Å². The SMILES string of the molecule is S=c1[nH]nc(-c2ccco2)n1-c1ccc2c(c1)OCO2. The minimum Gasteiger partial charge on any atom is -0.461 e. The number of ether oxygens (including phenoxy) is 2. The quantitative estimate of drug-likeness (QED) is 0.734. The van der Waals surface area contributed by atoms with E-state index in [0.717, 1.165) is 11.4 Å². The summed E-state index contributed by atoms with van der Waals surface area (Å²) in [6, 6.07) is 9.23. The molecule has 0 radical (unpaired) electrons. The molecule has 0 saturated carbocycles. The van der Waals surface area contributed by atoms with Gasteiger partial charge in [-0.05, 0) is 36.5 Å². The Hall–Kier alpha value is -2.54. The fourth-order valence-electron chi connectivity index (χ4n) is 2.13. The molecule has 0 bridgehead atoms. The van der Waals surface area contributed by atoms with E-state index in [1.807, 2.05) is 24.3 Å². The molecule has 0 fully saturated rings. The number of H-pyrrole nitrogens is 1. The summed E-state index contributed by atoms with van der Waals surface area (Å²) in [6.45, 7) is 0.237. The molecule has 0 saturated heterocycles. The van der Waals surface area contributed by atoms with Crippen molar-refractivity contribution >= 4 is 12.2 Å². The Morgan fingerprint density at radius 1 is 1.20 bits per heavy atom. The molecular weight excluding hydrogens is 278 g/mol. The molecule has 20 heavy (non-hydrogen) atoms. The van der Waals surface area contributed by atoms with E-state index in [-0.39, 0.29) is 6.79 Å². The van der Waals surface area contributed by atoms with Gasteiger partial charge in [0.15, 0.2) is 22.0 Å². The molecular formula is C13H9N3O3S. The zero-order chi connectivity index (χ0) is 13.5. The van der Waals surface area contributed by atoms with Crippen LogP contribution in [0.3, 0.4) is 0 Å². The summed E-state index contributed by atoms with van der Waals surface area (Å²) in [6.07, 6.45) is 1.59. The molecule has 7 heteroatoms. The number of benzene rings is 1. The van der Waals surface area contributed by atoms with Crippen molar-refractivity contribution < 1.29 is 13.9 Å². The largest absolute Gasteiger partial charge is 0.461 e. The van der Waals surface area contributed by atoms with E-state index in [1.54, 1.807) is 16.9 Å². The Bertz CT molecular complexity index is 820. The highest BCUT2D eigenvalue weighted by Crippen LogP contribution is 2.34. The van der Waals surface area contributed by atoms with Gasteiger partial charge in [-0.3, -0.25) is 9.67 Å². The van der Waals surface area contributed by atoms with Crippen molar-refractivity contribution in [1.82, 2.24) is 14.8 Å². The standard InChI is InChI=1S/C13H9N3O3S/c20-13-15-14-12(10-2-1-5-17-10)16(13)8-3-4-9-11(6-8)19-7-18-9/h1-6H,7H2,(H,15,20). The van der Waals surface area contributed by atoms with Crippen LogP contribution in [0.2, 0.25) is 0 Å². The number of aromatic nitrogens is 3. The molecule has 2 aromatic heterocycles. The molecule has 1 aromatic carbocycles. The van der Waals surface area contributed by atoms with Crippen LogP contribution < -0.4 is 9.47 Å². The molecule has 1 N–H and O–H groups in total. The van der Waals surface area contributed by atoms with Crippen molar-refractivity contribution in [2.45, 2.75) is 0 Å². The van der Waals surface area contributed by atoms with Gasteiger partial charge in [-0.25, -0.2) is 0 Å². The monoisotopic (exact) mass is 287 g/mol. The number of rotatable bonds is 2. The molecule has 0 aliphatic carbocycles. The van der Waals surface area contributed by atoms with E-state index < -0.39 is 0 Å². The Kier molecular flexibility index (Phi) is 2.40. The summed E-state index contributed by atoms with van der Waals surface area (Å²) in [5.74, 6) is 2.66. The van der Waals surface area contributed by atoms with Gasteiger partial charge in [0.05, 0.1) is 12.0 Å². The van der Waals surface area contributed by atoms with Gasteiger partial charge in [0.1, 0.15) is 0 Å². The first-order valence-electron chi connectivity index (χ1n) is 5.94. The van der Waals surface area contributed by atoms with Crippen molar-refractivity contribution in [2.75, 3.05) is 6.79 Å². The van der Waals surface area contributed by atoms with Crippen molar-refractivity contribution in [3.05, 3.63) is 41.4 Å². The van der Waals surface area contributed by atoms with Gasteiger partial charge in [0.2, 0.25) is 12.6 Å². The number of hydrogen-bond donors (Lipinski definition) is 1. The summed E-state index contributed by atoms with van der Waals surface area (Å²) >= 11 is 5.29. The summed E-state index contributed by atoms with van der Waals surface area (Å²) < 4.78 is 18.3. The maximum Gasteiger partial charge on any atom is 0.231 e. The predicted molar refractivity (Wildman–Crippen MR) is 72.6 cm³/mol. The molecule has 0 amide bonds. The average Bonchev–Trinajstić information content (AvgIpc) is 3.17. The summed E-state index contributed by atoms with van der Waals surface area (Å²) in [7, 11) is 0. The molecule has 6 nitrogen and oxygen atoms in total. The molecule has 0 unspecified atom stereocenters. The Morgan fingerprint density at radius 3 is 2.95 bits per heavy atom. The third-order valence-electron chi connectivity index (χ3n) is 3.03. The lowest BCUT2D eigenvalue weighted by molar-refractivity contribution is 0.174. The van der Waals surface area contributed by atoms with E-state index in [2.05, 4.69) is 10.2 Å². The third kappa shape index (κ3) is 1.64. The first kappa shape index (κ1) is 11.3. The highest BCUT2D eigenvalue weighted by atomic mass is 32.1. The fraction of sp³-hybridized carbons (Fsp3) is 0.0769. The number of nitrogens with one attached hydrogen (secondary N) is 1. The maximum atomic E-state index is 5.38. The van der Waals surface area contributed by atoms with Crippen LogP contribution in [-0.2, 0) is 0 Å². The zero-order valence-corrected chi connectivity index (χ0v) is 11.0. The van der Waals surface area contributed by atoms with E-state index in [0.29, 0.717) is 22.1 Å². The first-order chi connectivity index (χ1) is 9.83. The molecule has 0 spiro atoms. The van der Waals surface area contributed by atoms with Crippen LogP contribution in [0.5, 0.6) is 11.5 Å². The minimum absolute atomic E-state index is 0.237. The summed E-state index contributed by atoms with van der Waals surface area (Å²) in [5.41, 5.74) is 0.833. The van der Waals surface area contributed by atoms with Crippen molar-refractivity contribution in [1.29, 1.82) is 0 Å². The van der Waals surface area contributed by atoms with Gasteiger partial charge in [0, 0.05) is 6.07 Å². The second kappa shape index (κ2) is 4.24. The normalized spacial score (nSPS) is 12.8. The van der Waals surface area contributed by atoms with E-state index in [9.17, 15) is 0 Å². The van der Waals surface area contributed by atoms with Crippen LogP contribution >= 0.6 is 12.2 Å². The lowest BCUT2D eigenvalue weighted by Crippen LogP contribution is -1.97. The summed E-state index contributed by atoms with van der Waals surface area (Å²) in [4.78, 5) is 0. The molecule has 1 aliphatic rings. The zero-order valence-electron chi connectivity index (χ0n) is 10.2. The molecule has 0 atom stereocenters. The second-order valence-corrected chi connectivity index (χ2v) is 4.59. The van der Waals surface area contributed by atoms with Gasteiger partial charge in [-0.2, -0.15) is 5.10 Å². The van der Waals surface area contributed by atoms with Crippen LogP contribution in [0, 0.1) is 4.77 Å². The van der Waals surface area contributed by atoms with Crippen molar-refractivity contribution in [3.8, 4) is 28.8 Å². The van der Waals surface area contributed by atoms with E-state index >= 15 is 0 Å². The smallest absolute Gasteiger partial charge is 0.231 e. The van der Waals surface area contributed by atoms with Crippen LogP contribution in [0.1, 0.15) is 0 Å². The number of fused-ring (bicyclic) bond motifs is 1. The van der Waals surface area contributed by atoms with Gasteiger partial charge >= 0.3 is 0 Å². The topological polar surface area (TPSA) is 65.2 Å². The van der Waals surface area contributed by atoms with E-state index in [4.69, 9.17) is 26.1 Å². The van der Waals surface area contributed by atoms with Crippen LogP contribution in [0.25, 0.3) is 17.3 Å². The molecule has 3 aromatic rings. The number of hydrogen-bond acceptors (Lipinski definition) is 5. The van der Waals surface area contributed by atoms with Crippen LogP contribution in [0.4, 0.5) is 0 Å². The molecule has 3 heterocycles. The summed E-state index contributed by atoms with van der Waals surface area (Å²) in [5, 5.41) is 6.98. The lowest BCUT2D eigenvalue weighted by Gasteiger charge is -2.06. The number of aromatic amines is 1. The Balaban J connectivity index is 1.91. The van der Waals surface area contributed by atoms with E-state index in [1.165, 1.54) is 0 Å². The Morgan fingerprint density at radius 2 is 2.10 bits per heavy atom. The van der Waals surface area contributed by atoms with Crippen LogP contribution in [-0.4, -0.2) is 21.6 Å².